The summed E-state index contributed by atoms with van der Waals surface area (Å²) < 4.78 is 4.43. The van der Waals surface area contributed by atoms with Crippen LogP contribution in [0.3, 0.4) is 0 Å². The zero-order chi connectivity index (χ0) is 14.6. The molecule has 0 atom stereocenters. The van der Waals surface area contributed by atoms with Gasteiger partial charge in [0.2, 0.25) is 5.95 Å². The maximum atomic E-state index is 12.3. The largest absolute Gasteiger partial charge is 0.336 e. The van der Waals surface area contributed by atoms with Crippen molar-refractivity contribution in [2.45, 2.75) is 13.5 Å². The van der Waals surface area contributed by atoms with Crippen molar-refractivity contribution in [2.24, 2.45) is 14.1 Å². The van der Waals surface area contributed by atoms with Crippen molar-refractivity contribution in [1.82, 2.24) is 18.7 Å². The normalized spacial score (nSPS) is 14.1. The average Bonchev–Trinajstić information content (AvgIpc) is 2.93. The van der Waals surface area contributed by atoms with E-state index < -0.39 is 0 Å². The molecule has 0 N–H and O–H groups in total. The van der Waals surface area contributed by atoms with E-state index >= 15 is 0 Å². The third kappa shape index (κ3) is 1.55. The summed E-state index contributed by atoms with van der Waals surface area (Å²) in [6.07, 6.45) is 0. The van der Waals surface area contributed by atoms with Gasteiger partial charge in [0.05, 0.1) is 0 Å². The van der Waals surface area contributed by atoms with E-state index in [9.17, 15) is 9.59 Å². The minimum Gasteiger partial charge on any atom is -0.336 e. The Bertz CT molecular complexity index is 839. The summed E-state index contributed by atoms with van der Waals surface area (Å²) in [5.41, 5.74) is 1.32. The number of fused-ring (bicyclic) bond motifs is 3. The Morgan fingerprint density at radius 3 is 2.60 bits per heavy atom. The molecule has 1 aliphatic heterocycles. The highest BCUT2D eigenvalue weighted by atomic mass is 16.2. The lowest BCUT2D eigenvalue weighted by Gasteiger charge is -2.15. The Morgan fingerprint density at radius 1 is 1.25 bits per heavy atom. The van der Waals surface area contributed by atoms with E-state index in [4.69, 9.17) is 0 Å². The SMILES string of the molecule is C=C(C)CN1CCn2c1nc1c2c(=O)n(C)c(=O)n1C. The topological polar surface area (TPSA) is 65.1 Å². The minimum atomic E-state index is -0.356. The molecule has 7 nitrogen and oxygen atoms in total. The van der Waals surface area contributed by atoms with Crippen LogP contribution in [0.2, 0.25) is 0 Å². The van der Waals surface area contributed by atoms with Gasteiger partial charge in [0, 0.05) is 33.7 Å². The molecule has 0 fully saturated rings. The smallest absolute Gasteiger partial charge is 0.332 e. The molecule has 20 heavy (non-hydrogen) atoms. The maximum absolute atomic E-state index is 12.3. The van der Waals surface area contributed by atoms with E-state index in [2.05, 4.69) is 16.5 Å². The summed E-state index contributed by atoms with van der Waals surface area (Å²) in [6, 6.07) is 0. The standard InChI is InChI=1S/C13H17N5O2/c1-8(2)7-17-5-6-18-9-10(14-12(17)18)15(3)13(20)16(4)11(9)19/h1,5-7H2,2-4H3. The first-order valence-electron chi connectivity index (χ1n) is 6.47. The summed E-state index contributed by atoms with van der Waals surface area (Å²) in [7, 11) is 3.13. The second-order valence-corrected chi connectivity index (χ2v) is 5.32. The van der Waals surface area contributed by atoms with E-state index in [0.717, 1.165) is 22.6 Å². The van der Waals surface area contributed by atoms with E-state index in [1.54, 1.807) is 7.05 Å². The van der Waals surface area contributed by atoms with Crippen molar-refractivity contribution >= 4 is 17.1 Å². The first kappa shape index (κ1) is 12.7. The van der Waals surface area contributed by atoms with Crippen molar-refractivity contribution in [3.05, 3.63) is 33.0 Å². The van der Waals surface area contributed by atoms with Crippen LogP contribution in [0.5, 0.6) is 0 Å². The average molecular weight is 275 g/mol. The third-order valence-corrected chi connectivity index (χ3v) is 3.66. The highest BCUT2D eigenvalue weighted by Crippen LogP contribution is 2.24. The van der Waals surface area contributed by atoms with Gasteiger partial charge in [0.1, 0.15) is 0 Å². The summed E-state index contributed by atoms with van der Waals surface area (Å²) in [4.78, 5) is 30.8. The Labute approximate surface area is 115 Å². The Morgan fingerprint density at radius 2 is 1.95 bits per heavy atom. The molecule has 0 aromatic carbocycles. The van der Waals surface area contributed by atoms with Crippen molar-refractivity contribution in [3.63, 3.8) is 0 Å². The minimum absolute atomic E-state index is 0.293. The van der Waals surface area contributed by atoms with Gasteiger partial charge in [-0.3, -0.25) is 13.9 Å². The number of aryl methyl sites for hydroxylation is 1. The lowest BCUT2D eigenvalue weighted by Crippen LogP contribution is -2.37. The summed E-state index contributed by atoms with van der Waals surface area (Å²) >= 11 is 0. The van der Waals surface area contributed by atoms with Crippen LogP contribution in [0.1, 0.15) is 6.92 Å². The fourth-order valence-corrected chi connectivity index (χ4v) is 2.68. The van der Waals surface area contributed by atoms with Crippen LogP contribution >= 0.6 is 0 Å². The molecule has 3 rings (SSSR count). The molecule has 2 aromatic rings. The molecule has 1 aliphatic rings. The predicted molar refractivity (Wildman–Crippen MR) is 77.2 cm³/mol. The van der Waals surface area contributed by atoms with E-state index in [0.29, 0.717) is 24.3 Å². The monoisotopic (exact) mass is 275 g/mol. The molecular weight excluding hydrogens is 258 g/mol. The molecule has 3 heterocycles. The van der Waals surface area contributed by atoms with Crippen molar-refractivity contribution in [1.29, 1.82) is 0 Å². The molecule has 7 heteroatoms. The quantitative estimate of drug-likeness (QED) is 0.714. The molecule has 0 amide bonds. The molecule has 0 unspecified atom stereocenters. The van der Waals surface area contributed by atoms with E-state index in [1.807, 2.05) is 11.5 Å². The predicted octanol–water partition coefficient (Wildman–Crippen LogP) is -0.170. The number of nitrogens with zero attached hydrogens (tertiary/aromatic N) is 5. The Balaban J connectivity index is 2.32. The van der Waals surface area contributed by atoms with Crippen molar-refractivity contribution in [2.75, 3.05) is 18.0 Å². The number of aromatic nitrogens is 4. The van der Waals surface area contributed by atoms with Gasteiger partial charge in [0.15, 0.2) is 11.2 Å². The molecule has 2 aromatic heterocycles. The Hall–Kier alpha value is -2.31. The van der Waals surface area contributed by atoms with Gasteiger partial charge in [-0.1, -0.05) is 12.2 Å². The fraction of sp³-hybridized carbons (Fsp3) is 0.462. The molecule has 0 saturated carbocycles. The van der Waals surface area contributed by atoms with Crippen LogP contribution in [-0.2, 0) is 20.6 Å². The highest BCUT2D eigenvalue weighted by Gasteiger charge is 2.26. The lowest BCUT2D eigenvalue weighted by molar-refractivity contribution is 0.699. The number of imidazole rings is 1. The van der Waals surface area contributed by atoms with Crippen LogP contribution in [0.4, 0.5) is 5.95 Å². The lowest BCUT2D eigenvalue weighted by atomic mass is 10.3. The number of anilines is 1. The van der Waals surface area contributed by atoms with Crippen molar-refractivity contribution in [3.8, 4) is 0 Å². The first-order chi connectivity index (χ1) is 9.41. The molecular formula is C13H17N5O2. The van der Waals surface area contributed by atoms with Gasteiger partial charge in [-0.2, -0.15) is 4.98 Å². The first-order valence-corrected chi connectivity index (χ1v) is 6.47. The number of hydrogen-bond acceptors (Lipinski definition) is 4. The van der Waals surface area contributed by atoms with Crippen LogP contribution in [0.25, 0.3) is 11.2 Å². The van der Waals surface area contributed by atoms with Crippen LogP contribution in [0, 0.1) is 0 Å². The van der Waals surface area contributed by atoms with Crippen LogP contribution in [0.15, 0.2) is 21.7 Å². The van der Waals surface area contributed by atoms with E-state index in [1.165, 1.54) is 11.6 Å². The van der Waals surface area contributed by atoms with Crippen molar-refractivity contribution < 1.29 is 0 Å². The number of rotatable bonds is 2. The van der Waals surface area contributed by atoms with Crippen LogP contribution in [-0.4, -0.2) is 31.8 Å². The summed E-state index contributed by atoms with van der Waals surface area (Å²) in [5, 5.41) is 0. The molecule has 0 radical (unpaired) electrons. The number of hydrogen-bond donors (Lipinski definition) is 0. The second-order valence-electron chi connectivity index (χ2n) is 5.32. The maximum Gasteiger partial charge on any atom is 0.332 e. The molecule has 0 spiro atoms. The van der Waals surface area contributed by atoms with E-state index in [-0.39, 0.29) is 11.2 Å². The molecule has 0 saturated heterocycles. The summed E-state index contributed by atoms with van der Waals surface area (Å²) in [5.74, 6) is 0.737. The molecule has 0 aliphatic carbocycles. The van der Waals surface area contributed by atoms with Gasteiger partial charge in [-0.05, 0) is 6.92 Å². The van der Waals surface area contributed by atoms with Gasteiger partial charge < -0.3 is 9.47 Å². The third-order valence-electron chi connectivity index (χ3n) is 3.66. The second kappa shape index (κ2) is 4.09. The van der Waals surface area contributed by atoms with Crippen LogP contribution < -0.4 is 16.1 Å². The van der Waals surface area contributed by atoms with Gasteiger partial charge in [-0.15, -0.1) is 0 Å². The fourth-order valence-electron chi connectivity index (χ4n) is 2.68. The zero-order valence-corrected chi connectivity index (χ0v) is 11.9. The molecule has 106 valence electrons. The highest BCUT2D eigenvalue weighted by molar-refractivity contribution is 5.75. The van der Waals surface area contributed by atoms with Gasteiger partial charge >= 0.3 is 5.69 Å². The summed E-state index contributed by atoms with van der Waals surface area (Å²) in [6.45, 7) is 8.08. The molecule has 0 bridgehead atoms. The van der Waals surface area contributed by atoms with Gasteiger partial charge in [-0.25, -0.2) is 4.79 Å². The Kier molecular flexibility index (Phi) is 2.60. The zero-order valence-electron chi connectivity index (χ0n) is 11.9. The van der Waals surface area contributed by atoms with Gasteiger partial charge in [0.25, 0.3) is 5.56 Å².